The lowest BCUT2D eigenvalue weighted by atomic mass is 10.0. The van der Waals surface area contributed by atoms with E-state index >= 15 is 0 Å². The van der Waals surface area contributed by atoms with Gasteiger partial charge in [0.15, 0.2) is 0 Å². The van der Waals surface area contributed by atoms with Crippen LogP contribution in [0.3, 0.4) is 0 Å². The van der Waals surface area contributed by atoms with Gasteiger partial charge in [0.1, 0.15) is 5.82 Å². The summed E-state index contributed by atoms with van der Waals surface area (Å²) in [6, 6.07) is 6.53. The van der Waals surface area contributed by atoms with Gasteiger partial charge in [-0.25, -0.2) is 4.39 Å². The minimum absolute atomic E-state index is 0. The zero-order valence-corrected chi connectivity index (χ0v) is 9.90. The standard InChI is InChI=1S/C12H18FN.ClH/c1-2-3-4-5-12(14)10-6-8-11(13)9-7-10;/h6-9,12H,2-5,14H2,1H3;1H. The Hall–Kier alpha value is -0.600. The Kier molecular flexibility index (Phi) is 7.35. The monoisotopic (exact) mass is 231 g/mol. The summed E-state index contributed by atoms with van der Waals surface area (Å²) >= 11 is 0. The van der Waals surface area contributed by atoms with Crippen molar-refractivity contribution >= 4 is 12.4 Å². The minimum Gasteiger partial charge on any atom is -0.324 e. The highest BCUT2D eigenvalue weighted by atomic mass is 35.5. The molecular weight excluding hydrogens is 213 g/mol. The first-order valence-electron chi connectivity index (χ1n) is 5.25. The predicted molar refractivity (Wildman–Crippen MR) is 64.7 cm³/mol. The Balaban J connectivity index is 0.00000196. The van der Waals surface area contributed by atoms with E-state index in [4.69, 9.17) is 5.73 Å². The van der Waals surface area contributed by atoms with Crippen molar-refractivity contribution in [2.75, 3.05) is 0 Å². The molecule has 0 aliphatic rings. The van der Waals surface area contributed by atoms with Crippen LogP contribution in [0.1, 0.15) is 44.2 Å². The van der Waals surface area contributed by atoms with Gasteiger partial charge in [-0.2, -0.15) is 0 Å². The van der Waals surface area contributed by atoms with Crippen molar-refractivity contribution in [2.45, 2.75) is 38.6 Å². The molecule has 0 fully saturated rings. The van der Waals surface area contributed by atoms with E-state index in [0.29, 0.717) is 0 Å². The van der Waals surface area contributed by atoms with Crippen molar-refractivity contribution < 1.29 is 4.39 Å². The SMILES string of the molecule is CCCCCC(N)c1ccc(F)cc1.Cl. The molecule has 86 valence electrons. The fraction of sp³-hybridized carbons (Fsp3) is 0.500. The zero-order valence-electron chi connectivity index (χ0n) is 9.08. The fourth-order valence-electron chi connectivity index (χ4n) is 1.49. The normalized spacial score (nSPS) is 11.9. The first-order valence-corrected chi connectivity index (χ1v) is 5.25. The van der Waals surface area contributed by atoms with Crippen LogP contribution in [0.5, 0.6) is 0 Å². The maximum absolute atomic E-state index is 12.6. The molecule has 0 saturated carbocycles. The molecule has 1 aromatic carbocycles. The van der Waals surface area contributed by atoms with Gasteiger partial charge in [0.2, 0.25) is 0 Å². The molecule has 1 atom stereocenters. The van der Waals surface area contributed by atoms with Gasteiger partial charge >= 0.3 is 0 Å². The van der Waals surface area contributed by atoms with E-state index in [1.54, 1.807) is 12.1 Å². The summed E-state index contributed by atoms with van der Waals surface area (Å²) in [6.07, 6.45) is 4.56. The minimum atomic E-state index is -0.200. The molecule has 0 bridgehead atoms. The van der Waals surface area contributed by atoms with Gasteiger partial charge in [0.05, 0.1) is 0 Å². The van der Waals surface area contributed by atoms with Gasteiger partial charge in [-0.15, -0.1) is 12.4 Å². The molecule has 1 unspecified atom stereocenters. The summed E-state index contributed by atoms with van der Waals surface area (Å²) in [6.45, 7) is 2.17. The highest BCUT2D eigenvalue weighted by Gasteiger charge is 2.04. The average Bonchev–Trinajstić information content (AvgIpc) is 2.19. The van der Waals surface area contributed by atoms with Crippen LogP contribution in [0.15, 0.2) is 24.3 Å². The number of rotatable bonds is 5. The zero-order chi connectivity index (χ0) is 10.4. The first-order chi connectivity index (χ1) is 6.74. The largest absolute Gasteiger partial charge is 0.324 e. The maximum Gasteiger partial charge on any atom is 0.123 e. The maximum atomic E-state index is 12.6. The lowest BCUT2D eigenvalue weighted by Crippen LogP contribution is -2.09. The van der Waals surface area contributed by atoms with Crippen LogP contribution < -0.4 is 5.73 Å². The second-order valence-corrected chi connectivity index (χ2v) is 3.65. The highest BCUT2D eigenvalue weighted by molar-refractivity contribution is 5.85. The van der Waals surface area contributed by atoms with Crippen molar-refractivity contribution in [1.29, 1.82) is 0 Å². The summed E-state index contributed by atoms with van der Waals surface area (Å²) in [5.41, 5.74) is 6.99. The molecule has 0 heterocycles. The number of benzene rings is 1. The molecule has 0 radical (unpaired) electrons. The third-order valence-electron chi connectivity index (χ3n) is 2.42. The molecule has 1 nitrogen and oxygen atoms in total. The molecule has 0 amide bonds. The van der Waals surface area contributed by atoms with E-state index in [-0.39, 0.29) is 24.3 Å². The number of unbranched alkanes of at least 4 members (excludes halogenated alkanes) is 2. The van der Waals surface area contributed by atoms with Gasteiger partial charge < -0.3 is 5.73 Å². The quantitative estimate of drug-likeness (QED) is 0.766. The average molecular weight is 232 g/mol. The second kappa shape index (κ2) is 7.66. The third kappa shape index (κ3) is 5.14. The Morgan fingerprint density at radius 2 is 1.80 bits per heavy atom. The van der Waals surface area contributed by atoms with E-state index < -0.39 is 0 Å². The van der Waals surface area contributed by atoms with Crippen molar-refractivity contribution in [3.8, 4) is 0 Å². The fourth-order valence-corrected chi connectivity index (χ4v) is 1.49. The summed E-state index contributed by atoms with van der Waals surface area (Å²) < 4.78 is 12.6. The molecule has 2 N–H and O–H groups in total. The van der Waals surface area contributed by atoms with Gasteiger partial charge in [0.25, 0.3) is 0 Å². The lowest BCUT2D eigenvalue weighted by molar-refractivity contribution is 0.578. The highest BCUT2D eigenvalue weighted by Crippen LogP contribution is 2.17. The summed E-state index contributed by atoms with van der Waals surface area (Å²) in [4.78, 5) is 0. The summed E-state index contributed by atoms with van der Waals surface area (Å²) in [5, 5.41) is 0. The summed E-state index contributed by atoms with van der Waals surface area (Å²) in [5.74, 6) is -0.200. The molecule has 15 heavy (non-hydrogen) atoms. The molecule has 3 heteroatoms. The van der Waals surface area contributed by atoms with Gasteiger partial charge in [-0.05, 0) is 24.1 Å². The van der Waals surface area contributed by atoms with E-state index in [0.717, 1.165) is 18.4 Å². The molecule has 1 rings (SSSR count). The van der Waals surface area contributed by atoms with Crippen LogP contribution >= 0.6 is 12.4 Å². The Bertz CT molecular complexity index is 261. The first kappa shape index (κ1) is 14.4. The van der Waals surface area contributed by atoms with Crippen LogP contribution in [-0.2, 0) is 0 Å². The van der Waals surface area contributed by atoms with E-state index in [1.807, 2.05) is 0 Å². The Morgan fingerprint density at radius 3 is 2.33 bits per heavy atom. The van der Waals surface area contributed by atoms with Crippen LogP contribution in [0.4, 0.5) is 4.39 Å². The lowest BCUT2D eigenvalue weighted by Gasteiger charge is -2.11. The topological polar surface area (TPSA) is 26.0 Å². The Morgan fingerprint density at radius 1 is 1.20 bits per heavy atom. The summed E-state index contributed by atoms with van der Waals surface area (Å²) in [7, 11) is 0. The number of hydrogen-bond donors (Lipinski definition) is 1. The molecule has 1 aromatic rings. The van der Waals surface area contributed by atoms with Crippen LogP contribution in [0.2, 0.25) is 0 Å². The van der Waals surface area contributed by atoms with Crippen LogP contribution in [0.25, 0.3) is 0 Å². The second-order valence-electron chi connectivity index (χ2n) is 3.65. The van der Waals surface area contributed by atoms with Crippen molar-refractivity contribution in [1.82, 2.24) is 0 Å². The van der Waals surface area contributed by atoms with Gasteiger partial charge in [-0.3, -0.25) is 0 Å². The van der Waals surface area contributed by atoms with Gasteiger partial charge in [-0.1, -0.05) is 38.3 Å². The van der Waals surface area contributed by atoms with Crippen LogP contribution in [0, 0.1) is 5.82 Å². The predicted octanol–water partition coefficient (Wildman–Crippen LogP) is 3.83. The van der Waals surface area contributed by atoms with E-state index in [1.165, 1.54) is 25.0 Å². The molecular formula is C12H19ClFN. The smallest absolute Gasteiger partial charge is 0.123 e. The molecule has 0 aliphatic carbocycles. The number of nitrogens with two attached hydrogens (primary N) is 1. The third-order valence-corrected chi connectivity index (χ3v) is 2.42. The molecule has 0 aliphatic heterocycles. The molecule has 0 saturated heterocycles. The number of hydrogen-bond acceptors (Lipinski definition) is 1. The van der Waals surface area contributed by atoms with Crippen molar-refractivity contribution in [2.24, 2.45) is 5.73 Å². The van der Waals surface area contributed by atoms with E-state index in [2.05, 4.69) is 6.92 Å². The van der Waals surface area contributed by atoms with Gasteiger partial charge in [0, 0.05) is 6.04 Å². The van der Waals surface area contributed by atoms with Crippen molar-refractivity contribution in [3.05, 3.63) is 35.6 Å². The molecule has 0 aromatic heterocycles. The molecule has 0 spiro atoms. The Labute approximate surface area is 97.3 Å². The van der Waals surface area contributed by atoms with Crippen molar-refractivity contribution in [3.63, 3.8) is 0 Å². The van der Waals surface area contributed by atoms with E-state index in [9.17, 15) is 4.39 Å². The van der Waals surface area contributed by atoms with Crippen LogP contribution in [-0.4, -0.2) is 0 Å². The number of halogens is 2.